The standard InChI is InChI=1S/C12H14N2S.C8H6N2O.ClH/c1-2-11(14-7-5-13-6-8-14)10-4-9-15-12(10)3-1;11-8-4-5-9-7-3-1-2-6-10(7)8;/h1-4,9,13H,5-8H2;1-6H;1H. The van der Waals surface area contributed by atoms with Gasteiger partial charge in [-0.15, -0.1) is 23.7 Å². The Kier molecular flexibility index (Phi) is 6.45. The Morgan fingerprint density at radius 3 is 2.67 bits per heavy atom. The fourth-order valence-electron chi connectivity index (χ4n) is 3.14. The van der Waals surface area contributed by atoms with Crippen LogP contribution in [0.25, 0.3) is 15.7 Å². The van der Waals surface area contributed by atoms with E-state index in [9.17, 15) is 4.79 Å². The average Bonchev–Trinajstić information content (AvgIpc) is 3.19. The summed E-state index contributed by atoms with van der Waals surface area (Å²) in [4.78, 5) is 17.6. The van der Waals surface area contributed by atoms with Gasteiger partial charge in [-0.1, -0.05) is 12.1 Å². The summed E-state index contributed by atoms with van der Waals surface area (Å²) in [7, 11) is 0. The van der Waals surface area contributed by atoms with E-state index in [1.165, 1.54) is 32.4 Å². The number of halogens is 1. The van der Waals surface area contributed by atoms with Gasteiger partial charge >= 0.3 is 0 Å². The van der Waals surface area contributed by atoms with Gasteiger partial charge in [-0.2, -0.15) is 0 Å². The zero-order chi connectivity index (χ0) is 17.8. The third-order valence-electron chi connectivity index (χ3n) is 4.43. The van der Waals surface area contributed by atoms with Gasteiger partial charge in [-0.05, 0) is 35.7 Å². The predicted molar refractivity (Wildman–Crippen MR) is 116 cm³/mol. The van der Waals surface area contributed by atoms with Crippen LogP contribution >= 0.6 is 23.7 Å². The molecular formula is C20H21ClN4OS. The summed E-state index contributed by atoms with van der Waals surface area (Å²) >= 11 is 1.82. The second-order valence-corrected chi connectivity index (χ2v) is 7.01. The minimum Gasteiger partial charge on any atom is -0.368 e. The first-order valence-electron chi connectivity index (χ1n) is 8.67. The normalized spacial score (nSPS) is 13.7. The molecule has 1 N–H and O–H groups in total. The zero-order valence-corrected chi connectivity index (χ0v) is 16.4. The molecule has 0 aliphatic carbocycles. The lowest BCUT2D eigenvalue weighted by Crippen LogP contribution is -2.43. The smallest absolute Gasteiger partial charge is 0.257 e. The van der Waals surface area contributed by atoms with Gasteiger partial charge in [-0.25, -0.2) is 4.98 Å². The van der Waals surface area contributed by atoms with Crippen LogP contribution in [0.1, 0.15) is 0 Å². The van der Waals surface area contributed by atoms with E-state index in [4.69, 9.17) is 0 Å². The molecule has 4 aromatic rings. The molecule has 4 heterocycles. The van der Waals surface area contributed by atoms with E-state index in [2.05, 4.69) is 44.8 Å². The molecule has 5 nitrogen and oxygen atoms in total. The first-order valence-corrected chi connectivity index (χ1v) is 9.55. The van der Waals surface area contributed by atoms with Crippen molar-refractivity contribution in [1.29, 1.82) is 0 Å². The topological polar surface area (TPSA) is 49.6 Å². The number of rotatable bonds is 1. The first-order chi connectivity index (χ1) is 12.8. The summed E-state index contributed by atoms with van der Waals surface area (Å²) in [5.41, 5.74) is 2.03. The van der Waals surface area contributed by atoms with Crippen LogP contribution in [-0.4, -0.2) is 35.6 Å². The molecule has 140 valence electrons. The number of hydrogen-bond acceptors (Lipinski definition) is 5. The lowest BCUT2D eigenvalue weighted by molar-refractivity contribution is 0.590. The number of anilines is 1. The summed E-state index contributed by atoms with van der Waals surface area (Å²) in [6.45, 7) is 4.44. The number of fused-ring (bicyclic) bond motifs is 2. The van der Waals surface area contributed by atoms with Gasteiger partial charge in [-0.3, -0.25) is 9.20 Å². The number of nitrogens with one attached hydrogen (secondary N) is 1. The summed E-state index contributed by atoms with van der Waals surface area (Å²) in [6, 6.07) is 15.7. The van der Waals surface area contributed by atoms with E-state index in [0.29, 0.717) is 5.65 Å². The van der Waals surface area contributed by atoms with Gasteiger partial charge in [0.2, 0.25) is 0 Å². The van der Waals surface area contributed by atoms with Crippen molar-refractivity contribution < 1.29 is 0 Å². The highest BCUT2D eigenvalue weighted by Crippen LogP contribution is 2.30. The van der Waals surface area contributed by atoms with Crippen molar-refractivity contribution in [3.05, 3.63) is 76.7 Å². The minimum absolute atomic E-state index is 0. The van der Waals surface area contributed by atoms with E-state index in [1.54, 1.807) is 18.3 Å². The Bertz CT molecular complexity index is 1070. The number of pyridine rings is 1. The quantitative estimate of drug-likeness (QED) is 0.532. The fraction of sp³-hybridized carbons (Fsp3) is 0.200. The van der Waals surface area contributed by atoms with E-state index in [1.807, 2.05) is 17.4 Å². The van der Waals surface area contributed by atoms with Crippen LogP contribution in [0, 0.1) is 0 Å². The van der Waals surface area contributed by atoms with Crippen molar-refractivity contribution in [1.82, 2.24) is 14.7 Å². The highest BCUT2D eigenvalue weighted by molar-refractivity contribution is 7.17. The second-order valence-electron chi connectivity index (χ2n) is 6.06. The summed E-state index contributed by atoms with van der Waals surface area (Å²) in [5.74, 6) is 0. The molecule has 5 rings (SSSR count). The molecule has 0 unspecified atom stereocenters. The molecule has 27 heavy (non-hydrogen) atoms. The largest absolute Gasteiger partial charge is 0.368 e. The van der Waals surface area contributed by atoms with Crippen molar-refractivity contribution in [3.8, 4) is 0 Å². The molecule has 0 saturated carbocycles. The molecule has 0 atom stereocenters. The van der Waals surface area contributed by atoms with Crippen molar-refractivity contribution in [3.63, 3.8) is 0 Å². The Morgan fingerprint density at radius 2 is 1.85 bits per heavy atom. The molecular weight excluding hydrogens is 380 g/mol. The lowest BCUT2D eigenvalue weighted by atomic mass is 10.2. The maximum Gasteiger partial charge on any atom is 0.257 e. The lowest BCUT2D eigenvalue weighted by Gasteiger charge is -2.30. The van der Waals surface area contributed by atoms with Gasteiger partial charge in [0, 0.05) is 60.4 Å². The molecule has 1 aromatic carbocycles. The zero-order valence-electron chi connectivity index (χ0n) is 14.7. The first kappa shape index (κ1) is 19.4. The van der Waals surface area contributed by atoms with Crippen LogP contribution < -0.4 is 15.8 Å². The summed E-state index contributed by atoms with van der Waals surface area (Å²) in [6.07, 6.45) is 3.21. The third kappa shape index (κ3) is 4.30. The number of benzene rings is 1. The molecule has 7 heteroatoms. The van der Waals surface area contributed by atoms with Crippen molar-refractivity contribution in [2.75, 3.05) is 31.1 Å². The van der Waals surface area contributed by atoms with Crippen molar-refractivity contribution >= 4 is 45.2 Å². The number of aromatic nitrogens is 2. The maximum atomic E-state index is 11.1. The van der Waals surface area contributed by atoms with E-state index >= 15 is 0 Å². The third-order valence-corrected chi connectivity index (χ3v) is 5.31. The van der Waals surface area contributed by atoms with E-state index in [-0.39, 0.29) is 18.0 Å². The molecule has 0 amide bonds. The van der Waals surface area contributed by atoms with Crippen LogP contribution in [0.15, 0.2) is 71.1 Å². The predicted octanol–water partition coefficient (Wildman–Crippen LogP) is 3.43. The summed E-state index contributed by atoms with van der Waals surface area (Å²) < 4.78 is 2.89. The van der Waals surface area contributed by atoms with Gasteiger partial charge in [0.25, 0.3) is 5.56 Å². The number of hydrogen-bond donors (Lipinski definition) is 1. The highest BCUT2D eigenvalue weighted by atomic mass is 35.5. The maximum absolute atomic E-state index is 11.1. The van der Waals surface area contributed by atoms with Crippen LogP contribution in [0.4, 0.5) is 5.69 Å². The van der Waals surface area contributed by atoms with Crippen LogP contribution in [0.3, 0.4) is 0 Å². The number of piperazine rings is 1. The SMILES string of the molecule is Cl.O=c1ccnc2ccccn12.c1cc(N2CCNCC2)c2ccsc2c1. The molecule has 1 saturated heterocycles. The monoisotopic (exact) mass is 400 g/mol. The molecule has 0 radical (unpaired) electrons. The molecule has 1 aliphatic rings. The fourth-order valence-corrected chi connectivity index (χ4v) is 3.95. The van der Waals surface area contributed by atoms with Crippen LogP contribution in [0.5, 0.6) is 0 Å². The van der Waals surface area contributed by atoms with Crippen molar-refractivity contribution in [2.45, 2.75) is 0 Å². The molecule has 1 fully saturated rings. The van der Waals surface area contributed by atoms with Gasteiger partial charge < -0.3 is 10.2 Å². The Hall–Kier alpha value is -2.41. The Balaban J connectivity index is 0.000000157. The van der Waals surface area contributed by atoms with Crippen LogP contribution in [-0.2, 0) is 0 Å². The van der Waals surface area contributed by atoms with Crippen LogP contribution in [0.2, 0.25) is 0 Å². The van der Waals surface area contributed by atoms with E-state index < -0.39 is 0 Å². The second kappa shape index (κ2) is 8.99. The molecule has 1 aliphatic heterocycles. The van der Waals surface area contributed by atoms with Gasteiger partial charge in [0.1, 0.15) is 5.65 Å². The highest BCUT2D eigenvalue weighted by Gasteiger charge is 2.12. The van der Waals surface area contributed by atoms with Gasteiger partial charge in [0.15, 0.2) is 0 Å². The van der Waals surface area contributed by atoms with E-state index in [0.717, 1.165) is 26.2 Å². The number of thiophene rings is 1. The van der Waals surface area contributed by atoms with Crippen molar-refractivity contribution in [2.24, 2.45) is 0 Å². The average molecular weight is 401 g/mol. The number of nitrogens with zero attached hydrogens (tertiary/aromatic N) is 3. The minimum atomic E-state index is -0.0457. The van der Waals surface area contributed by atoms with Gasteiger partial charge in [0.05, 0.1) is 0 Å². The summed E-state index contributed by atoms with van der Waals surface area (Å²) in [5, 5.41) is 6.97. The molecule has 0 bridgehead atoms. The molecule has 0 spiro atoms. The Morgan fingerprint density at radius 1 is 1.00 bits per heavy atom. The molecule has 3 aromatic heterocycles. The Labute approximate surface area is 167 Å².